The second-order valence-electron chi connectivity index (χ2n) is 3.47. The van der Waals surface area contributed by atoms with Crippen molar-refractivity contribution in [2.45, 2.75) is 19.4 Å². The molecule has 1 amide bonds. The van der Waals surface area contributed by atoms with Gasteiger partial charge in [-0.05, 0) is 6.42 Å². The van der Waals surface area contributed by atoms with Crippen molar-refractivity contribution in [3.05, 3.63) is 18.1 Å². The van der Waals surface area contributed by atoms with Crippen molar-refractivity contribution in [1.82, 2.24) is 15.3 Å². The van der Waals surface area contributed by atoms with E-state index in [4.69, 9.17) is 10.6 Å². The number of aromatic nitrogens is 2. The van der Waals surface area contributed by atoms with E-state index in [1.807, 2.05) is 6.92 Å². The molecule has 0 radical (unpaired) electrons. The average molecular weight is 239 g/mol. The molecule has 0 saturated carbocycles. The lowest BCUT2D eigenvalue weighted by Gasteiger charge is -2.15. The van der Waals surface area contributed by atoms with Gasteiger partial charge in [-0.15, -0.1) is 0 Å². The van der Waals surface area contributed by atoms with Gasteiger partial charge in [0.1, 0.15) is 5.69 Å². The molecule has 0 saturated heterocycles. The fourth-order valence-electron chi connectivity index (χ4n) is 1.27. The minimum absolute atomic E-state index is 0.0382. The van der Waals surface area contributed by atoms with Gasteiger partial charge in [-0.2, -0.15) is 0 Å². The Kier molecular flexibility index (Phi) is 5.31. The summed E-state index contributed by atoms with van der Waals surface area (Å²) < 4.78 is 4.99. The summed E-state index contributed by atoms with van der Waals surface area (Å²) in [4.78, 5) is 19.7. The van der Waals surface area contributed by atoms with Gasteiger partial charge < -0.3 is 15.5 Å². The molecule has 1 aromatic heterocycles. The number of nitrogens with zero attached hydrogens (tertiary/aromatic N) is 2. The molecule has 1 rings (SSSR count). The number of carbonyl (C=O) groups excluding carboxylic acids is 1. The molecule has 94 valence electrons. The molecule has 7 nitrogen and oxygen atoms in total. The highest BCUT2D eigenvalue weighted by Crippen LogP contribution is 2.01. The molecule has 0 spiro atoms. The predicted octanol–water partition coefficient (Wildman–Crippen LogP) is -0.0830. The molecule has 1 heterocycles. The maximum atomic E-state index is 11.8. The zero-order valence-electron chi connectivity index (χ0n) is 9.93. The summed E-state index contributed by atoms with van der Waals surface area (Å²) >= 11 is 0. The molecule has 1 atom stereocenters. The summed E-state index contributed by atoms with van der Waals surface area (Å²) in [6.07, 6.45) is 3.60. The predicted molar refractivity (Wildman–Crippen MR) is 63.3 cm³/mol. The number of hydrogen-bond acceptors (Lipinski definition) is 6. The summed E-state index contributed by atoms with van der Waals surface area (Å²) in [5.41, 5.74) is 2.55. The molecule has 0 aliphatic rings. The van der Waals surface area contributed by atoms with E-state index in [2.05, 4.69) is 20.7 Å². The van der Waals surface area contributed by atoms with Crippen LogP contribution >= 0.6 is 0 Å². The SMILES string of the molecule is CCC(COC)NC(=O)c1cncc(NN)n1. The summed E-state index contributed by atoms with van der Waals surface area (Å²) in [5, 5.41) is 2.80. The fourth-order valence-corrected chi connectivity index (χ4v) is 1.27. The third kappa shape index (κ3) is 3.97. The number of anilines is 1. The second kappa shape index (κ2) is 6.77. The molecule has 7 heteroatoms. The Labute approximate surface area is 99.7 Å². The Morgan fingerprint density at radius 3 is 2.94 bits per heavy atom. The van der Waals surface area contributed by atoms with Crippen LogP contribution in [0, 0.1) is 0 Å². The van der Waals surface area contributed by atoms with E-state index < -0.39 is 0 Å². The molecule has 0 aliphatic heterocycles. The minimum Gasteiger partial charge on any atom is -0.383 e. The van der Waals surface area contributed by atoms with Crippen LogP contribution < -0.4 is 16.6 Å². The van der Waals surface area contributed by atoms with E-state index in [1.165, 1.54) is 12.4 Å². The van der Waals surface area contributed by atoms with Crippen molar-refractivity contribution in [2.24, 2.45) is 5.84 Å². The summed E-state index contributed by atoms with van der Waals surface area (Å²) in [5.74, 6) is 5.24. The van der Waals surface area contributed by atoms with Gasteiger partial charge in [0.25, 0.3) is 5.91 Å². The highest BCUT2D eigenvalue weighted by atomic mass is 16.5. The Bertz CT molecular complexity index is 371. The average Bonchev–Trinajstić information content (AvgIpc) is 2.38. The van der Waals surface area contributed by atoms with Crippen LogP contribution in [0.15, 0.2) is 12.4 Å². The highest BCUT2D eigenvalue weighted by Gasteiger charge is 2.13. The first-order valence-electron chi connectivity index (χ1n) is 5.29. The summed E-state index contributed by atoms with van der Waals surface area (Å²) in [7, 11) is 1.59. The zero-order chi connectivity index (χ0) is 12.7. The van der Waals surface area contributed by atoms with E-state index in [0.717, 1.165) is 6.42 Å². The van der Waals surface area contributed by atoms with Gasteiger partial charge in [0.05, 0.1) is 25.0 Å². The fraction of sp³-hybridized carbons (Fsp3) is 0.500. The first kappa shape index (κ1) is 13.3. The number of nitrogens with two attached hydrogens (primary N) is 1. The number of methoxy groups -OCH3 is 1. The third-order valence-electron chi connectivity index (χ3n) is 2.21. The van der Waals surface area contributed by atoms with Crippen molar-refractivity contribution < 1.29 is 9.53 Å². The summed E-state index contributed by atoms with van der Waals surface area (Å²) in [6.45, 7) is 2.43. The minimum atomic E-state index is -0.293. The molecular formula is C10H17N5O2. The van der Waals surface area contributed by atoms with Crippen LogP contribution in [0.3, 0.4) is 0 Å². The molecule has 0 aliphatic carbocycles. The molecule has 17 heavy (non-hydrogen) atoms. The summed E-state index contributed by atoms with van der Waals surface area (Å²) in [6, 6.07) is -0.0382. The lowest BCUT2D eigenvalue weighted by atomic mass is 10.2. The largest absolute Gasteiger partial charge is 0.383 e. The number of nitrogen functional groups attached to an aromatic ring is 1. The zero-order valence-corrected chi connectivity index (χ0v) is 9.93. The van der Waals surface area contributed by atoms with Gasteiger partial charge in [0.15, 0.2) is 5.82 Å². The molecule has 0 fully saturated rings. The van der Waals surface area contributed by atoms with E-state index in [-0.39, 0.29) is 17.6 Å². The van der Waals surface area contributed by atoms with Gasteiger partial charge >= 0.3 is 0 Å². The van der Waals surface area contributed by atoms with E-state index in [1.54, 1.807) is 7.11 Å². The number of hydrogen-bond donors (Lipinski definition) is 3. The van der Waals surface area contributed by atoms with Crippen molar-refractivity contribution >= 4 is 11.7 Å². The van der Waals surface area contributed by atoms with Crippen LogP contribution in [-0.4, -0.2) is 35.6 Å². The third-order valence-corrected chi connectivity index (χ3v) is 2.21. The normalized spacial score (nSPS) is 11.9. The number of carbonyl (C=O) groups is 1. The Balaban J connectivity index is 2.68. The van der Waals surface area contributed by atoms with Crippen LogP contribution in [0.1, 0.15) is 23.8 Å². The lowest BCUT2D eigenvalue weighted by Crippen LogP contribution is -2.38. The highest BCUT2D eigenvalue weighted by molar-refractivity contribution is 5.92. The second-order valence-corrected chi connectivity index (χ2v) is 3.47. The topological polar surface area (TPSA) is 102 Å². The van der Waals surface area contributed by atoms with Crippen LogP contribution in [0.5, 0.6) is 0 Å². The molecule has 4 N–H and O–H groups in total. The number of nitrogens with one attached hydrogen (secondary N) is 2. The van der Waals surface area contributed by atoms with Crippen LogP contribution in [0.4, 0.5) is 5.82 Å². The monoisotopic (exact) mass is 239 g/mol. The first-order chi connectivity index (χ1) is 8.21. The molecule has 0 bridgehead atoms. The number of hydrazine groups is 1. The first-order valence-corrected chi connectivity index (χ1v) is 5.29. The lowest BCUT2D eigenvalue weighted by molar-refractivity contribution is 0.0889. The van der Waals surface area contributed by atoms with Gasteiger partial charge in [-0.25, -0.2) is 10.8 Å². The number of rotatable bonds is 6. The van der Waals surface area contributed by atoms with Crippen molar-refractivity contribution in [3.8, 4) is 0 Å². The standard InChI is InChI=1S/C10H17N5O2/c1-3-7(6-17-2)13-10(16)8-4-12-5-9(14-8)15-11/h4-5,7H,3,6,11H2,1-2H3,(H,13,16)(H,14,15). The quantitative estimate of drug-likeness (QED) is 0.474. The van der Waals surface area contributed by atoms with Gasteiger partial charge in [0.2, 0.25) is 0 Å². The number of amides is 1. The molecular weight excluding hydrogens is 222 g/mol. The van der Waals surface area contributed by atoms with Crippen LogP contribution in [0.25, 0.3) is 0 Å². The van der Waals surface area contributed by atoms with Crippen molar-refractivity contribution in [2.75, 3.05) is 19.1 Å². The van der Waals surface area contributed by atoms with Gasteiger partial charge in [-0.1, -0.05) is 6.92 Å². The Morgan fingerprint density at radius 2 is 2.35 bits per heavy atom. The van der Waals surface area contributed by atoms with Crippen molar-refractivity contribution in [1.29, 1.82) is 0 Å². The Hall–Kier alpha value is -1.73. The van der Waals surface area contributed by atoms with E-state index >= 15 is 0 Å². The smallest absolute Gasteiger partial charge is 0.271 e. The Morgan fingerprint density at radius 1 is 1.59 bits per heavy atom. The van der Waals surface area contributed by atoms with Crippen molar-refractivity contribution in [3.63, 3.8) is 0 Å². The maximum Gasteiger partial charge on any atom is 0.271 e. The number of ether oxygens (including phenoxy) is 1. The maximum absolute atomic E-state index is 11.8. The van der Waals surface area contributed by atoms with E-state index in [9.17, 15) is 4.79 Å². The van der Waals surface area contributed by atoms with Crippen LogP contribution in [-0.2, 0) is 4.74 Å². The molecule has 1 unspecified atom stereocenters. The van der Waals surface area contributed by atoms with Gasteiger partial charge in [0, 0.05) is 7.11 Å². The molecule has 0 aromatic carbocycles. The van der Waals surface area contributed by atoms with Gasteiger partial charge in [-0.3, -0.25) is 9.78 Å². The van der Waals surface area contributed by atoms with E-state index in [0.29, 0.717) is 12.4 Å². The van der Waals surface area contributed by atoms with Crippen LogP contribution in [0.2, 0.25) is 0 Å². The molecule has 1 aromatic rings.